The number of amides is 1. The molecule has 2 aromatic heterocycles. The lowest BCUT2D eigenvalue weighted by atomic mass is 9.95. The summed E-state index contributed by atoms with van der Waals surface area (Å²) in [4.78, 5) is 41.7. The van der Waals surface area contributed by atoms with Crippen molar-refractivity contribution in [3.8, 4) is 0 Å². The lowest BCUT2D eigenvalue weighted by Gasteiger charge is -2.31. The van der Waals surface area contributed by atoms with Crippen molar-refractivity contribution in [1.82, 2.24) is 24.6 Å². The predicted octanol–water partition coefficient (Wildman–Crippen LogP) is 1.73. The number of carbonyl (C=O) groups excluding carboxylic acids is 2. The molecule has 0 saturated carbocycles. The molecular weight excluding hydrogens is 362 g/mol. The van der Waals surface area contributed by atoms with E-state index in [-0.39, 0.29) is 24.1 Å². The van der Waals surface area contributed by atoms with Crippen LogP contribution in [-0.2, 0) is 11.3 Å². The molecule has 0 atom stereocenters. The number of nitrogens with zero attached hydrogens (tertiary/aromatic N) is 3. The minimum atomic E-state index is -0.447. The number of hydrogen-bond acceptors (Lipinski definition) is 5. The van der Waals surface area contributed by atoms with Crippen molar-refractivity contribution < 1.29 is 14.3 Å². The minimum absolute atomic E-state index is 0.0878. The van der Waals surface area contributed by atoms with Crippen LogP contribution in [-0.4, -0.2) is 56.2 Å². The highest BCUT2D eigenvalue weighted by molar-refractivity contribution is 6.01. The Morgan fingerprint density at radius 3 is 2.50 bits per heavy atom. The number of carbonyl (C=O) groups is 2. The number of aromatic amines is 2. The smallest absolute Gasteiger partial charge is 0.355 e. The third-order valence-corrected chi connectivity index (χ3v) is 5.38. The van der Waals surface area contributed by atoms with Gasteiger partial charge < -0.3 is 14.6 Å². The van der Waals surface area contributed by atoms with Crippen molar-refractivity contribution in [2.75, 3.05) is 19.7 Å². The molecule has 0 aliphatic carbocycles. The van der Waals surface area contributed by atoms with Crippen LogP contribution >= 0.6 is 0 Å². The van der Waals surface area contributed by atoms with Crippen molar-refractivity contribution >= 4 is 11.9 Å². The standard InChI is InChI=1S/C19H27N5O4/c1-5-24-16(21-22-19(24)27)13-7-9-23(10-8-13)17(25)14-11(3)15(20-12(14)4)18(26)28-6-2/h13,20H,5-10H2,1-4H3,(H,22,27). The first-order valence-electron chi connectivity index (χ1n) is 9.69. The molecule has 1 saturated heterocycles. The maximum atomic E-state index is 13.1. The van der Waals surface area contributed by atoms with E-state index in [0.717, 1.165) is 18.7 Å². The molecule has 1 aliphatic rings. The van der Waals surface area contributed by atoms with Gasteiger partial charge >= 0.3 is 11.7 Å². The monoisotopic (exact) mass is 389 g/mol. The first kappa shape index (κ1) is 19.9. The fraction of sp³-hybridized carbons (Fsp3) is 0.579. The number of nitrogens with one attached hydrogen (secondary N) is 2. The SMILES string of the molecule is CCOC(=O)c1[nH]c(C)c(C(=O)N2CCC(c3n[nH]c(=O)n3CC)CC2)c1C. The molecule has 28 heavy (non-hydrogen) atoms. The second-order valence-corrected chi connectivity index (χ2v) is 7.04. The third kappa shape index (κ3) is 3.48. The summed E-state index contributed by atoms with van der Waals surface area (Å²) in [6.07, 6.45) is 1.48. The topological polar surface area (TPSA) is 113 Å². The van der Waals surface area contributed by atoms with Crippen LogP contribution in [0.25, 0.3) is 0 Å². The number of likely N-dealkylation sites (tertiary alicyclic amines) is 1. The molecule has 0 radical (unpaired) electrons. The van der Waals surface area contributed by atoms with E-state index in [0.29, 0.717) is 42.1 Å². The van der Waals surface area contributed by atoms with Gasteiger partial charge in [-0.25, -0.2) is 14.7 Å². The van der Waals surface area contributed by atoms with E-state index in [1.54, 1.807) is 30.2 Å². The Bertz CT molecular complexity index is 931. The van der Waals surface area contributed by atoms with Gasteiger partial charge in [0.2, 0.25) is 0 Å². The van der Waals surface area contributed by atoms with Crippen LogP contribution in [0.3, 0.4) is 0 Å². The van der Waals surface area contributed by atoms with Crippen LogP contribution in [0.1, 0.15) is 70.5 Å². The number of piperidine rings is 1. The van der Waals surface area contributed by atoms with Gasteiger partial charge in [0, 0.05) is 31.2 Å². The Labute approximate surface area is 163 Å². The van der Waals surface area contributed by atoms with E-state index in [9.17, 15) is 14.4 Å². The zero-order valence-electron chi connectivity index (χ0n) is 16.8. The van der Waals surface area contributed by atoms with Crippen LogP contribution < -0.4 is 5.69 Å². The Morgan fingerprint density at radius 1 is 1.21 bits per heavy atom. The van der Waals surface area contributed by atoms with E-state index in [1.165, 1.54) is 0 Å². The molecule has 2 N–H and O–H groups in total. The van der Waals surface area contributed by atoms with Crippen molar-refractivity contribution in [3.05, 3.63) is 38.8 Å². The molecule has 152 valence electrons. The number of aromatic nitrogens is 4. The maximum absolute atomic E-state index is 13.1. The van der Waals surface area contributed by atoms with E-state index >= 15 is 0 Å². The summed E-state index contributed by atoms with van der Waals surface area (Å²) >= 11 is 0. The fourth-order valence-corrected chi connectivity index (χ4v) is 3.92. The van der Waals surface area contributed by atoms with Crippen LogP contribution in [0.4, 0.5) is 0 Å². The van der Waals surface area contributed by atoms with Gasteiger partial charge in [-0.3, -0.25) is 9.36 Å². The number of ether oxygens (including phenoxy) is 1. The van der Waals surface area contributed by atoms with Crippen molar-refractivity contribution in [1.29, 1.82) is 0 Å². The summed E-state index contributed by atoms with van der Waals surface area (Å²) < 4.78 is 6.70. The lowest BCUT2D eigenvalue weighted by molar-refractivity contribution is 0.0519. The molecule has 2 aromatic rings. The molecule has 9 heteroatoms. The maximum Gasteiger partial charge on any atom is 0.355 e. The zero-order valence-corrected chi connectivity index (χ0v) is 16.8. The van der Waals surface area contributed by atoms with Gasteiger partial charge in [0.25, 0.3) is 5.91 Å². The highest BCUT2D eigenvalue weighted by Gasteiger charge is 2.31. The highest BCUT2D eigenvalue weighted by Crippen LogP contribution is 2.28. The quantitative estimate of drug-likeness (QED) is 0.756. The van der Waals surface area contributed by atoms with Gasteiger partial charge in [0.15, 0.2) is 0 Å². The van der Waals surface area contributed by atoms with Gasteiger partial charge in [0.05, 0.1) is 12.2 Å². The first-order valence-corrected chi connectivity index (χ1v) is 9.69. The second-order valence-electron chi connectivity index (χ2n) is 7.04. The summed E-state index contributed by atoms with van der Waals surface area (Å²) in [6, 6.07) is 0. The molecule has 0 bridgehead atoms. The summed E-state index contributed by atoms with van der Waals surface area (Å²) in [5.41, 5.74) is 1.96. The molecule has 1 fully saturated rings. The molecule has 1 amide bonds. The number of esters is 1. The Balaban J connectivity index is 1.74. The number of H-pyrrole nitrogens is 2. The van der Waals surface area contributed by atoms with Crippen LogP contribution in [0.5, 0.6) is 0 Å². The number of aryl methyl sites for hydroxylation is 1. The molecule has 0 unspecified atom stereocenters. The molecule has 3 heterocycles. The van der Waals surface area contributed by atoms with Gasteiger partial charge in [-0.15, -0.1) is 0 Å². The second kappa shape index (κ2) is 8.04. The van der Waals surface area contributed by atoms with Crippen molar-refractivity contribution in [2.24, 2.45) is 0 Å². The lowest BCUT2D eigenvalue weighted by Crippen LogP contribution is -2.39. The van der Waals surface area contributed by atoms with Gasteiger partial charge in [0.1, 0.15) is 11.5 Å². The van der Waals surface area contributed by atoms with Crippen molar-refractivity contribution in [3.63, 3.8) is 0 Å². The van der Waals surface area contributed by atoms with Crippen LogP contribution in [0.15, 0.2) is 4.79 Å². The third-order valence-electron chi connectivity index (χ3n) is 5.38. The van der Waals surface area contributed by atoms with Gasteiger partial charge in [-0.05, 0) is 46.1 Å². The number of hydrogen-bond donors (Lipinski definition) is 2. The molecule has 9 nitrogen and oxygen atoms in total. The normalized spacial score (nSPS) is 15.1. The van der Waals surface area contributed by atoms with E-state index in [2.05, 4.69) is 15.2 Å². The first-order chi connectivity index (χ1) is 13.4. The Kier molecular flexibility index (Phi) is 5.71. The highest BCUT2D eigenvalue weighted by atomic mass is 16.5. The summed E-state index contributed by atoms with van der Waals surface area (Å²) in [5.74, 6) is 0.372. The molecular formula is C19H27N5O4. The van der Waals surface area contributed by atoms with E-state index < -0.39 is 5.97 Å². The number of rotatable bonds is 5. The molecule has 0 spiro atoms. The van der Waals surface area contributed by atoms with Gasteiger partial charge in [-0.2, -0.15) is 5.10 Å². The summed E-state index contributed by atoms with van der Waals surface area (Å²) in [6.45, 7) is 9.22. The zero-order chi connectivity index (χ0) is 20.4. The Hall–Kier alpha value is -2.84. The molecule has 0 aromatic carbocycles. The van der Waals surface area contributed by atoms with Crippen molar-refractivity contribution in [2.45, 2.75) is 53.0 Å². The summed E-state index contributed by atoms with van der Waals surface area (Å²) in [7, 11) is 0. The molecule has 3 rings (SSSR count). The molecule has 1 aliphatic heterocycles. The average Bonchev–Trinajstić information content (AvgIpc) is 3.20. The minimum Gasteiger partial charge on any atom is -0.461 e. The Morgan fingerprint density at radius 2 is 1.89 bits per heavy atom. The van der Waals surface area contributed by atoms with Gasteiger partial charge in [-0.1, -0.05) is 0 Å². The van der Waals surface area contributed by atoms with E-state index in [4.69, 9.17) is 4.74 Å². The van der Waals surface area contributed by atoms with Crippen LogP contribution in [0, 0.1) is 13.8 Å². The van der Waals surface area contributed by atoms with E-state index in [1.807, 2.05) is 6.92 Å². The van der Waals surface area contributed by atoms with Crippen LogP contribution in [0.2, 0.25) is 0 Å². The predicted molar refractivity (Wildman–Crippen MR) is 103 cm³/mol. The largest absolute Gasteiger partial charge is 0.461 e. The fourth-order valence-electron chi connectivity index (χ4n) is 3.92. The average molecular weight is 389 g/mol. The summed E-state index contributed by atoms with van der Waals surface area (Å²) in [5, 5.41) is 6.69.